The van der Waals surface area contributed by atoms with Gasteiger partial charge in [0.25, 0.3) is 0 Å². The third kappa shape index (κ3) is 2.33. The van der Waals surface area contributed by atoms with Gasteiger partial charge in [0.1, 0.15) is 0 Å². The topological polar surface area (TPSA) is 30.2 Å². The Morgan fingerprint density at radius 2 is 2.36 bits per heavy atom. The number of furan rings is 1. The molecule has 0 spiro atoms. The second kappa shape index (κ2) is 5.02. The second-order valence-electron chi connectivity index (χ2n) is 2.71. The lowest BCUT2D eigenvalue weighted by atomic mass is 10.1. The first-order valence-corrected chi connectivity index (χ1v) is 4.31. The van der Waals surface area contributed by atoms with Crippen molar-refractivity contribution in [1.82, 2.24) is 0 Å². The van der Waals surface area contributed by atoms with Gasteiger partial charge in [0.2, 0.25) is 0 Å². The van der Waals surface area contributed by atoms with Crippen LogP contribution >= 0.6 is 0 Å². The molecule has 0 aromatic carbocycles. The predicted octanol–water partition coefficient (Wildman–Crippen LogP) is 3.24. The van der Waals surface area contributed by atoms with Gasteiger partial charge >= 0.3 is 0 Å². The molecule has 0 aliphatic rings. The fourth-order valence-corrected chi connectivity index (χ4v) is 1.05. The van der Waals surface area contributed by atoms with Crippen molar-refractivity contribution < 1.29 is 9.21 Å². The molecule has 0 aliphatic carbocycles. The molecule has 2 heteroatoms. The Morgan fingerprint density at radius 3 is 2.86 bits per heavy atom. The highest BCUT2D eigenvalue weighted by Gasteiger charge is 2.02. The summed E-state index contributed by atoms with van der Waals surface area (Å²) in [7, 11) is 0. The molecule has 1 heterocycles. The fraction of sp³-hybridized carbons (Fsp3) is 0.0833. The number of carbonyl (C=O) groups is 1. The summed E-state index contributed by atoms with van der Waals surface area (Å²) in [6.07, 6.45) is 9.68. The minimum Gasteiger partial charge on any atom is -0.461 e. The van der Waals surface area contributed by atoms with E-state index in [2.05, 4.69) is 6.58 Å². The summed E-state index contributed by atoms with van der Waals surface area (Å²) in [5.74, 6) is 0.327. The molecule has 0 saturated heterocycles. The van der Waals surface area contributed by atoms with Gasteiger partial charge in [-0.2, -0.15) is 0 Å². The third-order valence-electron chi connectivity index (χ3n) is 1.76. The maximum absolute atomic E-state index is 10.4. The molecule has 2 nitrogen and oxygen atoms in total. The molecule has 0 radical (unpaired) electrons. The number of allylic oxidation sites excluding steroid dienone is 5. The number of carbonyl (C=O) groups excluding carboxylic acids is 1. The van der Waals surface area contributed by atoms with E-state index < -0.39 is 0 Å². The molecule has 14 heavy (non-hydrogen) atoms. The molecule has 0 saturated carbocycles. The van der Waals surface area contributed by atoms with Crippen LogP contribution in [0.3, 0.4) is 0 Å². The lowest BCUT2D eigenvalue weighted by molar-refractivity contribution is 0.110. The molecule has 0 amide bonds. The first kappa shape index (κ1) is 10.3. The van der Waals surface area contributed by atoms with Gasteiger partial charge in [0.15, 0.2) is 12.0 Å². The molecule has 0 unspecified atom stereocenters. The van der Waals surface area contributed by atoms with Gasteiger partial charge in [-0.1, -0.05) is 30.9 Å². The van der Waals surface area contributed by atoms with Crippen LogP contribution in [0.1, 0.15) is 23.0 Å². The Kier molecular flexibility index (Phi) is 3.68. The van der Waals surface area contributed by atoms with Crippen molar-refractivity contribution in [3.8, 4) is 0 Å². The monoisotopic (exact) mass is 188 g/mol. The quantitative estimate of drug-likeness (QED) is 0.536. The predicted molar refractivity (Wildman–Crippen MR) is 57.1 cm³/mol. The van der Waals surface area contributed by atoms with E-state index in [1.54, 1.807) is 18.4 Å². The molecule has 1 aromatic heterocycles. The minimum absolute atomic E-state index is 0.327. The normalized spacial score (nSPS) is 11.9. The lowest BCUT2D eigenvalue weighted by Crippen LogP contribution is -1.74. The summed E-state index contributed by atoms with van der Waals surface area (Å²) in [6, 6.07) is 1.68. The maximum atomic E-state index is 10.4. The van der Waals surface area contributed by atoms with Crippen molar-refractivity contribution in [2.75, 3.05) is 0 Å². The van der Waals surface area contributed by atoms with E-state index in [1.807, 2.05) is 25.2 Å². The van der Waals surface area contributed by atoms with Crippen molar-refractivity contribution in [1.29, 1.82) is 0 Å². The van der Waals surface area contributed by atoms with E-state index in [0.29, 0.717) is 12.0 Å². The van der Waals surface area contributed by atoms with E-state index in [4.69, 9.17) is 4.42 Å². The van der Waals surface area contributed by atoms with Gasteiger partial charge in [0.05, 0.1) is 6.26 Å². The molecular weight excluding hydrogens is 176 g/mol. The lowest BCUT2D eigenvalue weighted by Gasteiger charge is -1.93. The Balaban J connectivity index is 3.00. The molecule has 0 aliphatic heterocycles. The fourth-order valence-electron chi connectivity index (χ4n) is 1.05. The summed E-state index contributed by atoms with van der Waals surface area (Å²) < 4.78 is 5.00. The van der Waals surface area contributed by atoms with Crippen molar-refractivity contribution in [3.05, 3.63) is 54.5 Å². The standard InChI is InChI=1S/C12H12O2/c1-3-5-6-10(4-2)11-7-12(8-13)14-9-11/h3-9H,2H2,1H3/b5-3-,10-6+. The molecule has 72 valence electrons. The Morgan fingerprint density at radius 1 is 1.57 bits per heavy atom. The summed E-state index contributed by atoms with van der Waals surface area (Å²) in [4.78, 5) is 10.4. The van der Waals surface area contributed by atoms with Gasteiger partial charge in [0, 0.05) is 5.56 Å². The highest BCUT2D eigenvalue weighted by Crippen LogP contribution is 2.17. The number of hydrogen-bond acceptors (Lipinski definition) is 2. The first-order chi connectivity index (χ1) is 6.81. The van der Waals surface area contributed by atoms with Gasteiger partial charge in [-0.3, -0.25) is 4.79 Å². The highest BCUT2D eigenvalue weighted by atomic mass is 16.3. The molecule has 0 N–H and O–H groups in total. The van der Waals surface area contributed by atoms with Crippen LogP contribution in [-0.2, 0) is 0 Å². The van der Waals surface area contributed by atoms with Crippen molar-refractivity contribution >= 4 is 11.9 Å². The average molecular weight is 188 g/mol. The zero-order chi connectivity index (χ0) is 10.4. The molecule has 1 aromatic rings. The van der Waals surface area contributed by atoms with E-state index in [9.17, 15) is 4.79 Å². The van der Waals surface area contributed by atoms with Gasteiger partial charge in [-0.25, -0.2) is 0 Å². The van der Waals surface area contributed by atoms with Crippen molar-refractivity contribution in [3.63, 3.8) is 0 Å². The van der Waals surface area contributed by atoms with Crippen LogP contribution in [-0.4, -0.2) is 6.29 Å². The maximum Gasteiger partial charge on any atom is 0.185 e. The SMILES string of the molecule is C=C/C(=C\C=C/C)c1coc(C=O)c1. The highest BCUT2D eigenvalue weighted by molar-refractivity contribution is 5.78. The summed E-state index contributed by atoms with van der Waals surface area (Å²) in [6.45, 7) is 5.63. The number of rotatable bonds is 4. The third-order valence-corrected chi connectivity index (χ3v) is 1.76. The van der Waals surface area contributed by atoms with Gasteiger partial charge in [-0.15, -0.1) is 0 Å². The zero-order valence-electron chi connectivity index (χ0n) is 8.07. The summed E-state index contributed by atoms with van der Waals surface area (Å²) in [5.41, 5.74) is 1.79. The second-order valence-corrected chi connectivity index (χ2v) is 2.71. The Bertz CT molecular complexity index is 381. The first-order valence-electron chi connectivity index (χ1n) is 4.31. The minimum atomic E-state index is 0.327. The van der Waals surface area contributed by atoms with E-state index in [0.717, 1.165) is 11.1 Å². The van der Waals surface area contributed by atoms with Crippen LogP contribution in [0, 0.1) is 0 Å². The molecular formula is C12H12O2. The zero-order valence-corrected chi connectivity index (χ0v) is 8.07. The van der Waals surface area contributed by atoms with Crippen molar-refractivity contribution in [2.24, 2.45) is 0 Å². The Labute approximate surface area is 83.2 Å². The largest absolute Gasteiger partial charge is 0.461 e. The molecule has 0 fully saturated rings. The Hall–Kier alpha value is -1.83. The summed E-state index contributed by atoms with van der Waals surface area (Å²) in [5, 5.41) is 0. The van der Waals surface area contributed by atoms with Gasteiger partial charge in [-0.05, 0) is 18.6 Å². The van der Waals surface area contributed by atoms with Crippen LogP contribution < -0.4 is 0 Å². The summed E-state index contributed by atoms with van der Waals surface area (Å²) >= 11 is 0. The number of aldehydes is 1. The van der Waals surface area contributed by atoms with E-state index in [-0.39, 0.29) is 0 Å². The van der Waals surface area contributed by atoms with Crippen LogP contribution in [0.5, 0.6) is 0 Å². The smallest absolute Gasteiger partial charge is 0.185 e. The van der Waals surface area contributed by atoms with Crippen LogP contribution in [0.15, 0.2) is 47.6 Å². The van der Waals surface area contributed by atoms with Crippen LogP contribution in [0.25, 0.3) is 5.57 Å². The van der Waals surface area contributed by atoms with E-state index >= 15 is 0 Å². The van der Waals surface area contributed by atoms with Crippen LogP contribution in [0.2, 0.25) is 0 Å². The molecule has 0 atom stereocenters. The average Bonchev–Trinajstić information content (AvgIpc) is 2.68. The van der Waals surface area contributed by atoms with Gasteiger partial charge < -0.3 is 4.42 Å². The molecule has 0 bridgehead atoms. The van der Waals surface area contributed by atoms with Crippen LogP contribution in [0.4, 0.5) is 0 Å². The number of hydrogen-bond donors (Lipinski definition) is 0. The van der Waals surface area contributed by atoms with E-state index in [1.165, 1.54) is 0 Å². The van der Waals surface area contributed by atoms with Crippen molar-refractivity contribution in [2.45, 2.75) is 6.92 Å². The molecule has 1 rings (SSSR count).